The van der Waals surface area contributed by atoms with E-state index in [1.165, 1.54) is 82.5 Å². The first-order chi connectivity index (χ1) is 8.85. The summed E-state index contributed by atoms with van der Waals surface area (Å²) < 4.78 is 0. The lowest BCUT2D eigenvalue weighted by Gasteiger charge is -2.06. The van der Waals surface area contributed by atoms with E-state index < -0.39 is 0 Å². The molecule has 1 N–H and O–H groups in total. The first kappa shape index (κ1) is 17.5. The minimum absolute atomic E-state index is 1.10. The molecule has 1 nitrogen and oxygen atoms in total. The van der Waals surface area contributed by atoms with Gasteiger partial charge in [0.25, 0.3) is 0 Å². The van der Waals surface area contributed by atoms with Crippen molar-refractivity contribution in [3.63, 3.8) is 0 Å². The summed E-state index contributed by atoms with van der Waals surface area (Å²) in [6.45, 7) is 4.49. The van der Waals surface area contributed by atoms with Crippen LogP contribution in [0, 0.1) is 0 Å². The summed E-state index contributed by atoms with van der Waals surface area (Å²) in [5.41, 5.74) is 1.26. The summed E-state index contributed by atoms with van der Waals surface area (Å²) in [4.78, 5) is 0. The molecule has 1 heteroatoms. The summed E-state index contributed by atoms with van der Waals surface area (Å²) in [6, 6.07) is 0. The van der Waals surface area contributed by atoms with Crippen LogP contribution in [0.4, 0.5) is 0 Å². The highest BCUT2D eigenvalue weighted by Crippen LogP contribution is 2.17. The maximum absolute atomic E-state index is 9.16. The second kappa shape index (κ2) is 14.6. The molecule has 0 atom stereocenters. The molecule has 0 aliphatic rings. The summed E-state index contributed by atoms with van der Waals surface area (Å²) in [6.07, 6.45) is 18.3. The Morgan fingerprint density at radius 2 is 1.06 bits per heavy atom. The smallest absolute Gasteiger partial charge is 0.0783 e. The van der Waals surface area contributed by atoms with Gasteiger partial charge in [0.2, 0.25) is 0 Å². The van der Waals surface area contributed by atoms with Crippen molar-refractivity contribution < 1.29 is 5.11 Å². The van der Waals surface area contributed by atoms with E-state index in [2.05, 4.69) is 13.8 Å². The zero-order valence-electron chi connectivity index (χ0n) is 12.7. The van der Waals surface area contributed by atoms with E-state index in [0.29, 0.717) is 0 Å². The molecule has 0 heterocycles. The van der Waals surface area contributed by atoms with Gasteiger partial charge in [0.15, 0.2) is 0 Å². The van der Waals surface area contributed by atoms with Gasteiger partial charge in [0.05, 0.1) is 6.26 Å². The lowest BCUT2D eigenvalue weighted by Crippen LogP contribution is -1.87. The van der Waals surface area contributed by atoms with Crippen molar-refractivity contribution in [2.45, 2.75) is 97.3 Å². The van der Waals surface area contributed by atoms with Crippen LogP contribution in [0.1, 0.15) is 97.3 Å². The van der Waals surface area contributed by atoms with Crippen LogP contribution in [0.3, 0.4) is 0 Å². The number of rotatable bonds is 13. The quantitative estimate of drug-likeness (QED) is 0.292. The highest BCUT2D eigenvalue weighted by Gasteiger charge is 1.98. The molecular weight excluding hydrogens is 220 g/mol. The van der Waals surface area contributed by atoms with Gasteiger partial charge >= 0.3 is 0 Å². The Bertz CT molecular complexity index is 184. The third-order valence-electron chi connectivity index (χ3n) is 3.64. The van der Waals surface area contributed by atoms with Crippen LogP contribution in [0.2, 0.25) is 0 Å². The first-order valence-electron chi connectivity index (χ1n) is 8.17. The maximum atomic E-state index is 9.16. The van der Waals surface area contributed by atoms with Crippen LogP contribution in [0.15, 0.2) is 11.8 Å². The van der Waals surface area contributed by atoms with E-state index in [-0.39, 0.29) is 0 Å². The predicted octanol–water partition coefficient (Wildman–Crippen LogP) is 6.54. The number of unbranched alkanes of at least 4 members (excludes halogenated alkanes) is 9. The average molecular weight is 254 g/mol. The second-order valence-electron chi connectivity index (χ2n) is 5.47. The molecule has 0 bridgehead atoms. The molecule has 0 aromatic carbocycles. The van der Waals surface area contributed by atoms with Crippen LogP contribution < -0.4 is 0 Å². The maximum Gasteiger partial charge on any atom is 0.0783 e. The molecule has 0 aromatic rings. The van der Waals surface area contributed by atoms with Gasteiger partial charge in [-0.25, -0.2) is 0 Å². The molecule has 0 rings (SSSR count). The number of hydrogen-bond acceptors (Lipinski definition) is 1. The zero-order valence-corrected chi connectivity index (χ0v) is 12.7. The van der Waals surface area contributed by atoms with Crippen LogP contribution in [-0.2, 0) is 0 Å². The average Bonchev–Trinajstić information content (AvgIpc) is 2.40. The second-order valence-corrected chi connectivity index (χ2v) is 5.47. The normalized spacial score (nSPS) is 12.0. The molecule has 0 aromatic heterocycles. The largest absolute Gasteiger partial charge is 0.516 e. The summed E-state index contributed by atoms with van der Waals surface area (Å²) in [7, 11) is 0. The molecule has 0 saturated carbocycles. The fourth-order valence-electron chi connectivity index (χ4n) is 2.34. The molecule has 0 spiro atoms. The van der Waals surface area contributed by atoms with Crippen molar-refractivity contribution in [3.8, 4) is 0 Å². The van der Waals surface area contributed by atoms with E-state index in [9.17, 15) is 0 Å². The molecule has 108 valence electrons. The monoisotopic (exact) mass is 254 g/mol. The molecule has 0 amide bonds. The van der Waals surface area contributed by atoms with Gasteiger partial charge in [0.1, 0.15) is 0 Å². The van der Waals surface area contributed by atoms with Gasteiger partial charge in [-0.2, -0.15) is 0 Å². The zero-order chi connectivity index (χ0) is 13.5. The summed E-state index contributed by atoms with van der Waals surface area (Å²) in [5, 5.41) is 9.16. The highest BCUT2D eigenvalue weighted by atomic mass is 16.2. The SMILES string of the molecule is CCCCCCCCCCC(=CO)CCCCC. The van der Waals surface area contributed by atoms with Crippen LogP contribution in [0.25, 0.3) is 0 Å². The Balaban J connectivity index is 3.29. The van der Waals surface area contributed by atoms with Crippen molar-refractivity contribution >= 4 is 0 Å². The number of aliphatic hydroxyl groups excluding tert-OH is 1. The molecule has 0 fully saturated rings. The molecule has 0 radical (unpaired) electrons. The molecule has 0 aliphatic carbocycles. The van der Waals surface area contributed by atoms with Crippen LogP contribution in [-0.4, -0.2) is 5.11 Å². The Hall–Kier alpha value is -0.460. The minimum Gasteiger partial charge on any atom is -0.516 e. The van der Waals surface area contributed by atoms with Crippen molar-refractivity contribution in [3.05, 3.63) is 11.8 Å². The molecule has 0 aliphatic heterocycles. The highest BCUT2D eigenvalue weighted by molar-refractivity contribution is 4.96. The van der Waals surface area contributed by atoms with Crippen LogP contribution in [0.5, 0.6) is 0 Å². The van der Waals surface area contributed by atoms with E-state index >= 15 is 0 Å². The standard InChI is InChI=1S/C17H34O/c1-3-5-7-8-9-10-11-13-15-17(16-18)14-12-6-4-2/h16,18H,3-15H2,1-2H3. The van der Waals surface area contributed by atoms with E-state index in [1.807, 2.05) is 0 Å². The van der Waals surface area contributed by atoms with Gasteiger partial charge in [-0.15, -0.1) is 0 Å². The van der Waals surface area contributed by atoms with Gasteiger partial charge in [-0.05, 0) is 31.3 Å². The van der Waals surface area contributed by atoms with E-state index in [4.69, 9.17) is 5.11 Å². The fraction of sp³-hybridized carbons (Fsp3) is 0.882. The Morgan fingerprint density at radius 3 is 1.56 bits per heavy atom. The fourth-order valence-corrected chi connectivity index (χ4v) is 2.34. The molecular formula is C17H34O. The van der Waals surface area contributed by atoms with E-state index in [1.54, 1.807) is 0 Å². The van der Waals surface area contributed by atoms with Crippen LogP contribution >= 0.6 is 0 Å². The summed E-state index contributed by atoms with van der Waals surface area (Å²) >= 11 is 0. The van der Waals surface area contributed by atoms with Gasteiger partial charge in [-0.1, -0.05) is 71.6 Å². The third kappa shape index (κ3) is 12.0. The topological polar surface area (TPSA) is 20.2 Å². The number of allylic oxidation sites excluding steroid dienone is 1. The van der Waals surface area contributed by atoms with Gasteiger partial charge in [0, 0.05) is 0 Å². The number of hydrogen-bond donors (Lipinski definition) is 1. The molecule has 0 unspecified atom stereocenters. The number of aliphatic hydroxyl groups is 1. The third-order valence-corrected chi connectivity index (χ3v) is 3.64. The van der Waals surface area contributed by atoms with Crippen molar-refractivity contribution in [2.75, 3.05) is 0 Å². The van der Waals surface area contributed by atoms with Gasteiger partial charge in [-0.3, -0.25) is 0 Å². The Kier molecular flexibility index (Phi) is 14.2. The van der Waals surface area contributed by atoms with E-state index in [0.717, 1.165) is 12.8 Å². The Morgan fingerprint density at radius 1 is 0.667 bits per heavy atom. The first-order valence-corrected chi connectivity index (χ1v) is 8.17. The minimum atomic E-state index is 1.10. The van der Waals surface area contributed by atoms with Crippen molar-refractivity contribution in [2.24, 2.45) is 0 Å². The van der Waals surface area contributed by atoms with Crippen molar-refractivity contribution in [1.82, 2.24) is 0 Å². The molecule has 0 saturated heterocycles. The predicted molar refractivity (Wildman–Crippen MR) is 82.1 cm³/mol. The Labute approximate surface area is 115 Å². The lowest BCUT2D eigenvalue weighted by molar-refractivity contribution is 0.456. The van der Waals surface area contributed by atoms with Gasteiger partial charge < -0.3 is 5.11 Å². The summed E-state index contributed by atoms with van der Waals surface area (Å²) in [5.74, 6) is 0. The lowest BCUT2D eigenvalue weighted by atomic mass is 10.0. The van der Waals surface area contributed by atoms with Crippen molar-refractivity contribution in [1.29, 1.82) is 0 Å². The molecule has 18 heavy (non-hydrogen) atoms.